The number of pyridine rings is 1. The molecule has 1 rings (SSSR count). The van der Waals surface area contributed by atoms with Crippen molar-refractivity contribution >= 4 is 33.6 Å². The van der Waals surface area contributed by atoms with Gasteiger partial charge in [-0.05, 0) is 47.3 Å². The molecule has 1 amide bonds. The van der Waals surface area contributed by atoms with Gasteiger partial charge in [0.05, 0.1) is 0 Å². The van der Waals surface area contributed by atoms with Crippen molar-refractivity contribution in [2.45, 2.75) is 32.6 Å². The van der Waals surface area contributed by atoms with E-state index in [2.05, 4.69) is 26.2 Å². The number of hydrogen-bond acceptors (Lipinski definition) is 3. The van der Waals surface area contributed by atoms with E-state index >= 15 is 0 Å². The molecule has 6 heteroatoms. The summed E-state index contributed by atoms with van der Waals surface area (Å²) in [6.45, 7) is 1.91. The largest absolute Gasteiger partial charge is 0.481 e. The topological polar surface area (TPSA) is 79.3 Å². The smallest absolute Gasteiger partial charge is 0.303 e. The fourth-order valence-corrected chi connectivity index (χ4v) is 1.59. The number of carbonyl (C=O) groups excluding carboxylic acids is 1. The fraction of sp³-hybridized carbons (Fsp3) is 0.417. The second kappa shape index (κ2) is 7.10. The van der Waals surface area contributed by atoms with Crippen LogP contribution in [0, 0.1) is 6.92 Å². The summed E-state index contributed by atoms with van der Waals surface area (Å²) in [6.07, 6.45) is 3.12. The zero-order chi connectivity index (χ0) is 13.5. The lowest BCUT2D eigenvalue weighted by Gasteiger charge is -2.05. The van der Waals surface area contributed by atoms with Crippen LogP contribution in [-0.2, 0) is 9.59 Å². The van der Waals surface area contributed by atoms with E-state index in [9.17, 15) is 9.59 Å². The standard InChI is InChI=1S/C12H15BrN2O3/c1-8-6-10(14-7-9(8)13)15-11(16)4-2-3-5-12(17)18/h6-7H,2-5H2,1H3,(H,17,18)(H,14,15,16). The molecular formula is C12H15BrN2O3. The van der Waals surface area contributed by atoms with E-state index < -0.39 is 5.97 Å². The van der Waals surface area contributed by atoms with Gasteiger partial charge in [0.2, 0.25) is 5.91 Å². The molecule has 0 saturated heterocycles. The predicted molar refractivity (Wildman–Crippen MR) is 71.4 cm³/mol. The number of nitrogens with one attached hydrogen (secondary N) is 1. The normalized spacial score (nSPS) is 10.1. The highest BCUT2D eigenvalue weighted by molar-refractivity contribution is 9.10. The first-order valence-electron chi connectivity index (χ1n) is 5.63. The zero-order valence-electron chi connectivity index (χ0n) is 10.1. The third-order valence-electron chi connectivity index (χ3n) is 2.36. The van der Waals surface area contributed by atoms with Crippen LogP contribution in [0.4, 0.5) is 5.82 Å². The number of aryl methyl sites for hydroxylation is 1. The maximum Gasteiger partial charge on any atom is 0.303 e. The second-order valence-corrected chi connectivity index (χ2v) is 4.82. The fourth-order valence-electron chi connectivity index (χ4n) is 1.37. The van der Waals surface area contributed by atoms with Crippen molar-refractivity contribution in [1.29, 1.82) is 0 Å². The van der Waals surface area contributed by atoms with Gasteiger partial charge in [0.25, 0.3) is 0 Å². The highest BCUT2D eigenvalue weighted by Gasteiger charge is 2.05. The number of rotatable bonds is 6. The van der Waals surface area contributed by atoms with Gasteiger partial charge in [-0.2, -0.15) is 0 Å². The van der Waals surface area contributed by atoms with Crippen LogP contribution in [0.25, 0.3) is 0 Å². The van der Waals surface area contributed by atoms with E-state index in [-0.39, 0.29) is 12.3 Å². The molecule has 0 unspecified atom stereocenters. The number of halogens is 1. The van der Waals surface area contributed by atoms with Crippen molar-refractivity contribution in [2.75, 3.05) is 5.32 Å². The number of carbonyl (C=O) groups is 2. The number of unbranched alkanes of at least 4 members (excludes halogenated alkanes) is 1. The van der Waals surface area contributed by atoms with Crippen molar-refractivity contribution in [3.05, 3.63) is 22.3 Å². The molecule has 0 spiro atoms. The highest BCUT2D eigenvalue weighted by Crippen LogP contribution is 2.17. The van der Waals surface area contributed by atoms with Crippen molar-refractivity contribution < 1.29 is 14.7 Å². The van der Waals surface area contributed by atoms with Gasteiger partial charge in [-0.3, -0.25) is 9.59 Å². The third-order valence-corrected chi connectivity index (χ3v) is 3.19. The van der Waals surface area contributed by atoms with Gasteiger partial charge >= 0.3 is 5.97 Å². The molecule has 1 aromatic heterocycles. The summed E-state index contributed by atoms with van der Waals surface area (Å²) in [7, 11) is 0. The SMILES string of the molecule is Cc1cc(NC(=O)CCCCC(=O)O)ncc1Br. The van der Waals surface area contributed by atoms with Crippen molar-refractivity contribution in [3.63, 3.8) is 0 Å². The second-order valence-electron chi connectivity index (χ2n) is 3.97. The Hall–Kier alpha value is -1.43. The first-order chi connectivity index (χ1) is 8.49. The number of aromatic nitrogens is 1. The summed E-state index contributed by atoms with van der Waals surface area (Å²) < 4.78 is 0.891. The molecule has 2 N–H and O–H groups in total. The molecule has 0 radical (unpaired) electrons. The molecule has 5 nitrogen and oxygen atoms in total. The Morgan fingerprint density at radius 2 is 2.06 bits per heavy atom. The first-order valence-corrected chi connectivity index (χ1v) is 6.42. The average molecular weight is 315 g/mol. The minimum atomic E-state index is -0.833. The van der Waals surface area contributed by atoms with Gasteiger partial charge in [-0.25, -0.2) is 4.98 Å². The maximum absolute atomic E-state index is 11.5. The Morgan fingerprint density at radius 1 is 1.39 bits per heavy atom. The third kappa shape index (κ3) is 5.27. The van der Waals surface area contributed by atoms with Gasteiger partial charge in [0.1, 0.15) is 5.82 Å². The summed E-state index contributed by atoms with van der Waals surface area (Å²) in [5.41, 5.74) is 0.992. The van der Waals surface area contributed by atoms with E-state index in [0.717, 1.165) is 10.0 Å². The predicted octanol–water partition coefficient (Wildman–Crippen LogP) is 2.74. The molecule has 0 aliphatic carbocycles. The van der Waals surface area contributed by atoms with Crippen LogP contribution in [0.2, 0.25) is 0 Å². The van der Waals surface area contributed by atoms with Crippen LogP contribution in [0.3, 0.4) is 0 Å². The molecule has 0 aliphatic rings. The molecule has 0 saturated carbocycles. The molecule has 0 bridgehead atoms. The lowest BCUT2D eigenvalue weighted by molar-refractivity contribution is -0.137. The quantitative estimate of drug-likeness (QED) is 0.791. The van der Waals surface area contributed by atoms with Crippen LogP contribution in [0.15, 0.2) is 16.7 Å². The Labute approximate surface area is 114 Å². The molecule has 18 heavy (non-hydrogen) atoms. The van der Waals surface area contributed by atoms with Crippen LogP contribution in [0.1, 0.15) is 31.2 Å². The summed E-state index contributed by atoms with van der Waals surface area (Å²) in [4.78, 5) is 25.9. The molecule has 0 fully saturated rings. The number of carboxylic acids is 1. The summed E-state index contributed by atoms with van der Waals surface area (Å²) in [6, 6.07) is 1.78. The Balaban J connectivity index is 2.35. The van der Waals surface area contributed by atoms with E-state index in [0.29, 0.717) is 25.1 Å². The lowest BCUT2D eigenvalue weighted by Crippen LogP contribution is -2.12. The molecule has 0 aliphatic heterocycles. The number of nitrogens with zero attached hydrogens (tertiary/aromatic N) is 1. The number of carboxylic acid groups (broad SMARTS) is 1. The van der Waals surface area contributed by atoms with E-state index in [4.69, 9.17) is 5.11 Å². The van der Waals surface area contributed by atoms with E-state index in [1.165, 1.54) is 0 Å². The molecule has 98 valence electrons. The number of aliphatic carboxylic acids is 1. The van der Waals surface area contributed by atoms with Crippen LogP contribution in [0.5, 0.6) is 0 Å². The van der Waals surface area contributed by atoms with Gasteiger partial charge in [-0.15, -0.1) is 0 Å². The number of amides is 1. The Bertz CT molecular complexity index is 449. The Morgan fingerprint density at radius 3 is 2.67 bits per heavy atom. The van der Waals surface area contributed by atoms with E-state index in [1.807, 2.05) is 6.92 Å². The molecule has 0 aromatic carbocycles. The van der Waals surface area contributed by atoms with Crippen LogP contribution < -0.4 is 5.32 Å². The van der Waals surface area contributed by atoms with Gasteiger partial charge in [0, 0.05) is 23.5 Å². The first kappa shape index (κ1) is 14.6. The van der Waals surface area contributed by atoms with Crippen molar-refractivity contribution in [3.8, 4) is 0 Å². The maximum atomic E-state index is 11.5. The summed E-state index contributed by atoms with van der Waals surface area (Å²) >= 11 is 3.33. The Kier molecular flexibility index (Phi) is 5.77. The monoisotopic (exact) mass is 314 g/mol. The summed E-state index contributed by atoms with van der Waals surface area (Å²) in [5.74, 6) is -0.464. The van der Waals surface area contributed by atoms with Crippen LogP contribution >= 0.6 is 15.9 Å². The molecule has 1 aromatic rings. The number of hydrogen-bond donors (Lipinski definition) is 2. The van der Waals surface area contributed by atoms with Crippen LogP contribution in [-0.4, -0.2) is 22.0 Å². The van der Waals surface area contributed by atoms with Gasteiger partial charge in [0.15, 0.2) is 0 Å². The molecule has 1 heterocycles. The minimum absolute atomic E-state index is 0.100. The average Bonchev–Trinajstić information content (AvgIpc) is 2.29. The number of anilines is 1. The van der Waals surface area contributed by atoms with Gasteiger partial charge < -0.3 is 10.4 Å². The minimum Gasteiger partial charge on any atom is -0.481 e. The summed E-state index contributed by atoms with van der Waals surface area (Å²) in [5, 5.41) is 11.1. The van der Waals surface area contributed by atoms with Gasteiger partial charge in [-0.1, -0.05) is 0 Å². The van der Waals surface area contributed by atoms with Crippen molar-refractivity contribution in [2.24, 2.45) is 0 Å². The zero-order valence-corrected chi connectivity index (χ0v) is 11.7. The molecule has 0 atom stereocenters. The highest BCUT2D eigenvalue weighted by atomic mass is 79.9. The molecular weight excluding hydrogens is 300 g/mol. The van der Waals surface area contributed by atoms with E-state index in [1.54, 1.807) is 12.3 Å². The van der Waals surface area contributed by atoms with Crippen molar-refractivity contribution in [1.82, 2.24) is 4.98 Å². The lowest BCUT2D eigenvalue weighted by atomic mass is 10.2.